The van der Waals surface area contributed by atoms with Crippen molar-refractivity contribution in [3.05, 3.63) is 59.7 Å². The van der Waals surface area contributed by atoms with Crippen molar-refractivity contribution in [1.29, 1.82) is 0 Å². The molecule has 1 amide bonds. The Bertz CT molecular complexity index is 921. The number of halogens is 2. The summed E-state index contributed by atoms with van der Waals surface area (Å²) >= 11 is 0. The number of nitrogens with zero attached hydrogens (tertiary/aromatic N) is 2. The normalized spacial score (nSPS) is 16.3. The van der Waals surface area contributed by atoms with Gasteiger partial charge in [0.15, 0.2) is 0 Å². The molecule has 2 aromatic carbocycles. The van der Waals surface area contributed by atoms with Gasteiger partial charge in [0.2, 0.25) is 10.0 Å². The summed E-state index contributed by atoms with van der Waals surface area (Å²) in [6.07, 6.45) is 0. The van der Waals surface area contributed by atoms with Gasteiger partial charge in [0, 0.05) is 31.7 Å². The van der Waals surface area contributed by atoms with Crippen LogP contribution in [0.2, 0.25) is 0 Å². The van der Waals surface area contributed by atoms with Crippen LogP contribution >= 0.6 is 0 Å². The number of hydrogen-bond acceptors (Lipinski definition) is 4. The molecule has 0 unspecified atom stereocenters. The SMILES string of the molecule is CN1CCN(S(=O)(=O)c2ccc(C(=O)Nc3c(F)cccc3F)cc2)CC1. The molecule has 144 valence electrons. The number of piperazine rings is 1. The largest absolute Gasteiger partial charge is 0.317 e. The zero-order valence-corrected chi connectivity index (χ0v) is 15.5. The summed E-state index contributed by atoms with van der Waals surface area (Å²) in [5.74, 6) is -2.52. The zero-order chi connectivity index (χ0) is 19.6. The van der Waals surface area contributed by atoms with E-state index in [9.17, 15) is 22.0 Å². The Morgan fingerprint density at radius 2 is 1.52 bits per heavy atom. The topological polar surface area (TPSA) is 69.7 Å². The lowest BCUT2D eigenvalue weighted by atomic mass is 10.2. The molecule has 0 saturated carbocycles. The van der Waals surface area contributed by atoms with Crippen LogP contribution < -0.4 is 5.32 Å². The van der Waals surface area contributed by atoms with E-state index in [4.69, 9.17) is 0 Å². The van der Waals surface area contributed by atoms with Crippen molar-refractivity contribution in [2.45, 2.75) is 4.90 Å². The van der Waals surface area contributed by atoms with Crippen LogP contribution in [0.15, 0.2) is 47.4 Å². The number of benzene rings is 2. The second-order valence-electron chi connectivity index (χ2n) is 6.28. The van der Waals surface area contributed by atoms with Crippen molar-refractivity contribution >= 4 is 21.6 Å². The molecule has 1 heterocycles. The van der Waals surface area contributed by atoms with E-state index in [1.54, 1.807) is 0 Å². The highest BCUT2D eigenvalue weighted by Crippen LogP contribution is 2.21. The second kappa shape index (κ2) is 7.71. The third-order valence-electron chi connectivity index (χ3n) is 4.42. The molecular formula is C18H19F2N3O3S. The minimum absolute atomic E-state index is 0.0701. The molecule has 0 atom stereocenters. The van der Waals surface area contributed by atoms with E-state index >= 15 is 0 Å². The molecule has 0 aliphatic carbocycles. The Morgan fingerprint density at radius 3 is 2.07 bits per heavy atom. The van der Waals surface area contributed by atoms with Crippen LogP contribution in [0.1, 0.15) is 10.4 Å². The minimum atomic E-state index is -3.65. The molecule has 6 nitrogen and oxygen atoms in total. The van der Waals surface area contributed by atoms with Gasteiger partial charge in [0.25, 0.3) is 5.91 Å². The fourth-order valence-electron chi connectivity index (χ4n) is 2.76. The smallest absolute Gasteiger partial charge is 0.255 e. The number of nitrogens with one attached hydrogen (secondary N) is 1. The summed E-state index contributed by atoms with van der Waals surface area (Å²) in [7, 11) is -1.72. The Kier molecular flexibility index (Phi) is 5.54. The van der Waals surface area contributed by atoms with Gasteiger partial charge in [-0.05, 0) is 43.4 Å². The van der Waals surface area contributed by atoms with E-state index in [2.05, 4.69) is 5.32 Å². The first-order valence-electron chi connectivity index (χ1n) is 8.33. The summed E-state index contributed by atoms with van der Waals surface area (Å²) < 4.78 is 54.0. The number of carbonyl (C=O) groups is 1. The van der Waals surface area contributed by atoms with Crippen molar-refractivity contribution in [1.82, 2.24) is 9.21 Å². The van der Waals surface area contributed by atoms with Crippen molar-refractivity contribution in [2.75, 3.05) is 38.5 Å². The minimum Gasteiger partial charge on any atom is -0.317 e. The molecule has 1 aliphatic rings. The molecule has 1 aliphatic heterocycles. The van der Waals surface area contributed by atoms with Gasteiger partial charge in [0.05, 0.1) is 4.90 Å². The molecule has 1 N–H and O–H groups in total. The van der Waals surface area contributed by atoms with Crippen molar-refractivity contribution < 1.29 is 22.0 Å². The molecule has 0 radical (unpaired) electrons. The number of sulfonamides is 1. The molecule has 0 bridgehead atoms. The van der Waals surface area contributed by atoms with Gasteiger partial charge in [-0.3, -0.25) is 4.79 Å². The predicted octanol–water partition coefficient (Wildman–Crippen LogP) is 2.15. The van der Waals surface area contributed by atoms with E-state index < -0.39 is 33.3 Å². The Balaban J connectivity index is 1.76. The number of hydrogen-bond donors (Lipinski definition) is 1. The number of para-hydroxylation sites is 1. The van der Waals surface area contributed by atoms with E-state index in [0.29, 0.717) is 26.2 Å². The van der Waals surface area contributed by atoms with Crippen LogP contribution in [0.5, 0.6) is 0 Å². The molecule has 1 fully saturated rings. The van der Waals surface area contributed by atoms with Gasteiger partial charge in [-0.2, -0.15) is 4.31 Å². The number of anilines is 1. The van der Waals surface area contributed by atoms with Gasteiger partial charge in [0.1, 0.15) is 17.3 Å². The van der Waals surface area contributed by atoms with Crippen LogP contribution in [-0.2, 0) is 10.0 Å². The predicted molar refractivity (Wildman–Crippen MR) is 97.0 cm³/mol. The van der Waals surface area contributed by atoms with Crippen LogP contribution in [0.25, 0.3) is 0 Å². The van der Waals surface area contributed by atoms with E-state index in [1.165, 1.54) is 34.6 Å². The number of rotatable bonds is 4. The zero-order valence-electron chi connectivity index (χ0n) is 14.7. The standard InChI is InChI=1S/C18H19F2N3O3S/c1-22-9-11-23(12-10-22)27(25,26)14-7-5-13(6-8-14)18(24)21-17-15(19)3-2-4-16(17)20/h2-8H,9-12H2,1H3,(H,21,24). The molecule has 3 rings (SSSR count). The first kappa shape index (κ1) is 19.4. The quantitative estimate of drug-likeness (QED) is 0.861. The number of carbonyl (C=O) groups excluding carboxylic acids is 1. The molecule has 0 aromatic heterocycles. The van der Waals surface area contributed by atoms with Crippen LogP contribution in [0, 0.1) is 11.6 Å². The van der Waals surface area contributed by atoms with Crippen molar-refractivity contribution in [3.8, 4) is 0 Å². The lowest BCUT2D eigenvalue weighted by Crippen LogP contribution is -2.47. The van der Waals surface area contributed by atoms with Gasteiger partial charge in [-0.1, -0.05) is 6.07 Å². The third-order valence-corrected chi connectivity index (χ3v) is 6.33. The maximum atomic E-state index is 13.6. The maximum Gasteiger partial charge on any atom is 0.255 e. The highest BCUT2D eigenvalue weighted by Gasteiger charge is 2.27. The summed E-state index contributed by atoms with van der Waals surface area (Å²) in [5, 5.41) is 2.17. The van der Waals surface area contributed by atoms with E-state index in [0.717, 1.165) is 12.1 Å². The second-order valence-corrected chi connectivity index (χ2v) is 8.22. The molecule has 27 heavy (non-hydrogen) atoms. The van der Waals surface area contributed by atoms with E-state index in [1.807, 2.05) is 11.9 Å². The highest BCUT2D eigenvalue weighted by molar-refractivity contribution is 7.89. The van der Waals surface area contributed by atoms with Gasteiger partial charge in [-0.15, -0.1) is 0 Å². The lowest BCUT2D eigenvalue weighted by molar-refractivity contribution is 0.102. The first-order valence-corrected chi connectivity index (χ1v) is 9.77. The molecular weight excluding hydrogens is 376 g/mol. The number of likely N-dealkylation sites (N-methyl/N-ethyl adjacent to an activating group) is 1. The first-order chi connectivity index (χ1) is 12.8. The molecule has 1 saturated heterocycles. The average Bonchev–Trinajstić information content (AvgIpc) is 2.65. The van der Waals surface area contributed by atoms with E-state index in [-0.39, 0.29) is 10.5 Å². The van der Waals surface area contributed by atoms with Crippen LogP contribution in [0.3, 0.4) is 0 Å². The summed E-state index contributed by atoms with van der Waals surface area (Å²) in [6.45, 7) is 2.09. The maximum absolute atomic E-state index is 13.6. The Labute approximate surface area is 156 Å². The molecule has 9 heteroatoms. The fourth-order valence-corrected chi connectivity index (χ4v) is 4.18. The molecule has 0 spiro atoms. The van der Waals surface area contributed by atoms with Gasteiger partial charge < -0.3 is 10.2 Å². The molecule has 2 aromatic rings. The van der Waals surface area contributed by atoms with Gasteiger partial charge in [-0.25, -0.2) is 17.2 Å². The summed E-state index contributed by atoms with van der Waals surface area (Å²) in [5.41, 5.74) is -0.452. The van der Waals surface area contributed by atoms with Gasteiger partial charge >= 0.3 is 0 Å². The fraction of sp³-hybridized carbons (Fsp3) is 0.278. The Morgan fingerprint density at radius 1 is 0.963 bits per heavy atom. The average molecular weight is 395 g/mol. The third kappa shape index (κ3) is 4.15. The van der Waals surface area contributed by atoms with Crippen LogP contribution in [-0.4, -0.2) is 56.8 Å². The summed E-state index contributed by atoms with van der Waals surface area (Å²) in [6, 6.07) is 8.53. The lowest BCUT2D eigenvalue weighted by Gasteiger charge is -2.31. The van der Waals surface area contributed by atoms with Crippen molar-refractivity contribution in [3.63, 3.8) is 0 Å². The highest BCUT2D eigenvalue weighted by atomic mass is 32.2. The Hall–Kier alpha value is -2.36. The number of amides is 1. The van der Waals surface area contributed by atoms with Crippen LogP contribution in [0.4, 0.5) is 14.5 Å². The monoisotopic (exact) mass is 395 g/mol. The van der Waals surface area contributed by atoms with Crippen molar-refractivity contribution in [2.24, 2.45) is 0 Å². The summed E-state index contributed by atoms with van der Waals surface area (Å²) in [4.78, 5) is 14.3.